The molecule has 0 bridgehead atoms. The number of nitrogens with zero attached hydrogens (tertiary/aromatic N) is 1. The largest absolute Gasteiger partial charge is 0.401 e. The summed E-state index contributed by atoms with van der Waals surface area (Å²) in [4.78, 5) is 1.25. The second-order valence-electron chi connectivity index (χ2n) is 4.89. The van der Waals surface area contributed by atoms with Crippen LogP contribution in [0.4, 0.5) is 17.6 Å². The average molecular weight is 303 g/mol. The Bertz CT molecular complexity index is 529. The first kappa shape index (κ1) is 17.5. The van der Waals surface area contributed by atoms with Gasteiger partial charge in [0.25, 0.3) is 0 Å². The molecule has 0 radical (unpaired) electrons. The van der Waals surface area contributed by atoms with Gasteiger partial charge in [0, 0.05) is 12.6 Å². The summed E-state index contributed by atoms with van der Waals surface area (Å²) in [6.45, 7) is 1.95. The van der Waals surface area contributed by atoms with Crippen molar-refractivity contribution < 1.29 is 22.7 Å². The van der Waals surface area contributed by atoms with Crippen LogP contribution in [-0.2, 0) is 6.54 Å². The van der Waals surface area contributed by atoms with E-state index in [0.717, 1.165) is 0 Å². The Balaban J connectivity index is 2.94. The van der Waals surface area contributed by atoms with E-state index in [1.807, 2.05) is 0 Å². The van der Waals surface area contributed by atoms with Crippen LogP contribution in [0, 0.1) is 17.7 Å². The molecule has 1 aromatic rings. The van der Waals surface area contributed by atoms with Gasteiger partial charge in [0.1, 0.15) is 12.4 Å². The summed E-state index contributed by atoms with van der Waals surface area (Å²) >= 11 is 0. The summed E-state index contributed by atoms with van der Waals surface area (Å²) in [6.07, 6.45) is -4.29. The molecule has 2 nitrogen and oxygen atoms in total. The lowest BCUT2D eigenvalue weighted by Gasteiger charge is -2.27. The zero-order chi connectivity index (χ0) is 16.0. The Labute approximate surface area is 121 Å². The van der Waals surface area contributed by atoms with E-state index < -0.39 is 25.1 Å². The van der Waals surface area contributed by atoms with Crippen LogP contribution < -0.4 is 0 Å². The molecule has 0 atom stereocenters. The van der Waals surface area contributed by atoms with Crippen molar-refractivity contribution in [3.63, 3.8) is 0 Å². The molecule has 0 aliphatic heterocycles. The summed E-state index contributed by atoms with van der Waals surface area (Å²) in [7, 11) is 0. The van der Waals surface area contributed by atoms with Crippen LogP contribution in [0.2, 0.25) is 0 Å². The second kappa shape index (κ2) is 7.43. The highest BCUT2D eigenvalue weighted by molar-refractivity contribution is 5.38. The second-order valence-corrected chi connectivity index (χ2v) is 4.89. The summed E-state index contributed by atoms with van der Waals surface area (Å²) in [5.74, 6) is 4.19. The number of benzene rings is 1. The molecular formula is C15H17F4NO. The molecule has 0 spiro atoms. The van der Waals surface area contributed by atoms with Crippen molar-refractivity contribution in [1.82, 2.24) is 4.90 Å². The Kier molecular flexibility index (Phi) is 6.19. The van der Waals surface area contributed by atoms with Crippen LogP contribution in [0.5, 0.6) is 0 Å². The number of alkyl halides is 3. The maximum Gasteiger partial charge on any atom is 0.401 e. The van der Waals surface area contributed by atoms with Crippen molar-refractivity contribution >= 4 is 0 Å². The first-order chi connectivity index (χ1) is 9.73. The van der Waals surface area contributed by atoms with E-state index in [2.05, 4.69) is 11.8 Å². The Morgan fingerprint density at radius 1 is 1.29 bits per heavy atom. The van der Waals surface area contributed by atoms with E-state index in [9.17, 15) is 17.6 Å². The fourth-order valence-electron chi connectivity index (χ4n) is 1.79. The highest BCUT2D eigenvalue weighted by Gasteiger charge is 2.31. The van der Waals surface area contributed by atoms with Gasteiger partial charge in [0.2, 0.25) is 0 Å². The third-order valence-electron chi connectivity index (χ3n) is 2.83. The Morgan fingerprint density at radius 2 is 1.95 bits per heavy atom. The number of rotatable bonds is 4. The van der Waals surface area contributed by atoms with Gasteiger partial charge in [-0.25, -0.2) is 4.39 Å². The average Bonchev–Trinajstić information content (AvgIpc) is 2.37. The van der Waals surface area contributed by atoms with Gasteiger partial charge in [-0.2, -0.15) is 13.2 Å². The predicted octanol–water partition coefficient (Wildman–Crippen LogP) is 2.94. The first-order valence-corrected chi connectivity index (χ1v) is 6.42. The van der Waals surface area contributed by atoms with Crippen molar-refractivity contribution in [1.29, 1.82) is 0 Å². The minimum atomic E-state index is -4.29. The molecule has 1 N–H and O–H groups in total. The Hall–Kier alpha value is -1.58. The van der Waals surface area contributed by atoms with E-state index in [1.165, 1.54) is 23.1 Å². The van der Waals surface area contributed by atoms with Gasteiger partial charge < -0.3 is 5.11 Å². The molecule has 0 aliphatic carbocycles. The Morgan fingerprint density at radius 3 is 2.48 bits per heavy atom. The normalized spacial score (nSPS) is 11.7. The van der Waals surface area contributed by atoms with Crippen LogP contribution in [0.3, 0.4) is 0 Å². The standard InChI is InChI=1S/C15H17F4NO/c1-11(2)20(10-15(17,18)19)9-12-5-6-14(16)13(8-12)4-3-7-21/h5-6,8,11,21H,7,9-10H2,1-2H3. The van der Waals surface area contributed by atoms with Gasteiger partial charge in [-0.15, -0.1) is 0 Å². The lowest BCUT2D eigenvalue weighted by Crippen LogP contribution is -2.38. The molecule has 0 fully saturated rings. The summed E-state index contributed by atoms with van der Waals surface area (Å²) in [5.41, 5.74) is 0.605. The van der Waals surface area contributed by atoms with Gasteiger partial charge in [-0.05, 0) is 31.5 Å². The van der Waals surface area contributed by atoms with E-state index in [4.69, 9.17) is 5.11 Å². The summed E-state index contributed by atoms with van der Waals surface area (Å²) in [5, 5.41) is 8.60. The van der Waals surface area contributed by atoms with Gasteiger partial charge in [0.15, 0.2) is 0 Å². The highest BCUT2D eigenvalue weighted by Crippen LogP contribution is 2.20. The lowest BCUT2D eigenvalue weighted by atomic mass is 10.1. The third kappa shape index (κ3) is 6.15. The molecule has 1 rings (SSSR count). The third-order valence-corrected chi connectivity index (χ3v) is 2.83. The fourth-order valence-corrected chi connectivity index (χ4v) is 1.79. The monoisotopic (exact) mass is 303 g/mol. The predicted molar refractivity (Wildman–Crippen MR) is 72.0 cm³/mol. The molecule has 1 aromatic carbocycles. The van der Waals surface area contributed by atoms with Crippen molar-refractivity contribution in [3.05, 3.63) is 35.1 Å². The lowest BCUT2D eigenvalue weighted by molar-refractivity contribution is -0.150. The fraction of sp³-hybridized carbons (Fsp3) is 0.467. The maximum absolute atomic E-state index is 13.5. The van der Waals surface area contributed by atoms with Crippen LogP contribution in [-0.4, -0.2) is 35.4 Å². The molecule has 0 heterocycles. The molecule has 116 valence electrons. The van der Waals surface area contributed by atoms with Crippen LogP contribution in [0.25, 0.3) is 0 Å². The van der Waals surface area contributed by atoms with Crippen LogP contribution in [0.15, 0.2) is 18.2 Å². The van der Waals surface area contributed by atoms with Crippen LogP contribution in [0.1, 0.15) is 25.0 Å². The first-order valence-electron chi connectivity index (χ1n) is 6.42. The molecule has 0 unspecified atom stereocenters. The zero-order valence-corrected chi connectivity index (χ0v) is 11.8. The minimum Gasteiger partial charge on any atom is -0.384 e. The number of aliphatic hydroxyl groups excluding tert-OH is 1. The van der Waals surface area contributed by atoms with E-state index in [0.29, 0.717) is 5.56 Å². The van der Waals surface area contributed by atoms with Crippen molar-refractivity contribution in [3.8, 4) is 11.8 Å². The van der Waals surface area contributed by atoms with E-state index in [1.54, 1.807) is 13.8 Å². The number of aliphatic hydroxyl groups is 1. The molecule has 0 amide bonds. The molecular weight excluding hydrogens is 286 g/mol. The minimum absolute atomic E-state index is 0.0469. The van der Waals surface area contributed by atoms with Crippen molar-refractivity contribution in [2.24, 2.45) is 0 Å². The number of halogens is 4. The van der Waals surface area contributed by atoms with Crippen LogP contribution >= 0.6 is 0 Å². The quantitative estimate of drug-likeness (QED) is 0.683. The van der Waals surface area contributed by atoms with Crippen molar-refractivity contribution in [2.75, 3.05) is 13.2 Å². The number of hydrogen-bond acceptors (Lipinski definition) is 2. The summed E-state index contributed by atoms with van der Waals surface area (Å²) in [6, 6.07) is 3.71. The van der Waals surface area contributed by atoms with Gasteiger partial charge in [-0.1, -0.05) is 17.9 Å². The van der Waals surface area contributed by atoms with Gasteiger partial charge >= 0.3 is 6.18 Å². The smallest absolute Gasteiger partial charge is 0.384 e. The molecule has 0 saturated heterocycles. The zero-order valence-electron chi connectivity index (χ0n) is 11.8. The molecule has 0 saturated carbocycles. The molecule has 21 heavy (non-hydrogen) atoms. The van der Waals surface area contributed by atoms with E-state index in [-0.39, 0.29) is 18.2 Å². The summed E-state index contributed by atoms with van der Waals surface area (Å²) < 4.78 is 51.1. The maximum atomic E-state index is 13.5. The SMILES string of the molecule is CC(C)N(Cc1ccc(F)c(C#CCO)c1)CC(F)(F)F. The van der Waals surface area contributed by atoms with Crippen molar-refractivity contribution in [2.45, 2.75) is 32.6 Å². The number of hydrogen-bond donors (Lipinski definition) is 1. The van der Waals surface area contributed by atoms with E-state index >= 15 is 0 Å². The molecule has 0 aromatic heterocycles. The topological polar surface area (TPSA) is 23.5 Å². The van der Waals surface area contributed by atoms with Gasteiger partial charge in [-0.3, -0.25) is 4.90 Å². The molecule has 0 aliphatic rings. The highest BCUT2D eigenvalue weighted by atomic mass is 19.4. The van der Waals surface area contributed by atoms with Gasteiger partial charge in [0.05, 0.1) is 12.1 Å². The molecule has 6 heteroatoms.